The van der Waals surface area contributed by atoms with E-state index in [0.29, 0.717) is 5.69 Å². The van der Waals surface area contributed by atoms with Gasteiger partial charge in [-0.2, -0.15) is 0 Å². The van der Waals surface area contributed by atoms with E-state index in [9.17, 15) is 4.79 Å². The van der Waals surface area contributed by atoms with Gasteiger partial charge in [-0.3, -0.25) is 4.99 Å². The number of nitrogens with zero attached hydrogens (tertiary/aromatic N) is 2. The Labute approximate surface area is 157 Å². The standard InChI is InChI=1S/C21H19ClN2O2/c1-13-4-7-18(8-5-13)24-14(2)10-16(15(24)3)12-23-17-6-9-20(22)19(11-17)21(25)26/h4-12H,1-3H3,(H,25,26). The van der Waals surface area contributed by atoms with Gasteiger partial charge in [-0.15, -0.1) is 0 Å². The summed E-state index contributed by atoms with van der Waals surface area (Å²) in [7, 11) is 0. The highest BCUT2D eigenvalue weighted by Crippen LogP contribution is 2.24. The van der Waals surface area contributed by atoms with Crippen LogP contribution < -0.4 is 0 Å². The number of aromatic carboxylic acids is 1. The lowest BCUT2D eigenvalue weighted by molar-refractivity contribution is 0.0697. The number of aromatic nitrogens is 1. The second-order valence-electron chi connectivity index (χ2n) is 6.22. The minimum Gasteiger partial charge on any atom is -0.478 e. The molecule has 0 bridgehead atoms. The van der Waals surface area contributed by atoms with Gasteiger partial charge in [0.05, 0.1) is 16.3 Å². The van der Waals surface area contributed by atoms with Gasteiger partial charge in [0, 0.05) is 28.9 Å². The molecule has 0 radical (unpaired) electrons. The summed E-state index contributed by atoms with van der Waals surface area (Å²) in [6.07, 6.45) is 1.75. The third-order valence-electron chi connectivity index (χ3n) is 4.30. The van der Waals surface area contributed by atoms with Crippen molar-refractivity contribution in [2.45, 2.75) is 20.8 Å². The van der Waals surface area contributed by atoms with Crippen LogP contribution in [0.5, 0.6) is 0 Å². The molecule has 3 aromatic rings. The van der Waals surface area contributed by atoms with Crippen molar-refractivity contribution in [3.05, 3.63) is 81.6 Å². The van der Waals surface area contributed by atoms with Crippen LogP contribution >= 0.6 is 11.6 Å². The summed E-state index contributed by atoms with van der Waals surface area (Å²) in [4.78, 5) is 15.6. The molecule has 1 aromatic heterocycles. The van der Waals surface area contributed by atoms with Gasteiger partial charge in [0.25, 0.3) is 0 Å². The van der Waals surface area contributed by atoms with Crippen molar-refractivity contribution in [1.29, 1.82) is 0 Å². The van der Waals surface area contributed by atoms with E-state index in [-0.39, 0.29) is 10.6 Å². The van der Waals surface area contributed by atoms with Gasteiger partial charge < -0.3 is 9.67 Å². The number of aliphatic imine (C=N–C) groups is 1. The SMILES string of the molecule is Cc1ccc(-n2c(C)cc(C=Nc3ccc(Cl)c(C(=O)O)c3)c2C)cc1. The maximum atomic E-state index is 11.2. The number of hydrogen-bond donors (Lipinski definition) is 1. The van der Waals surface area contributed by atoms with Crippen LogP contribution in [0.1, 0.15) is 32.9 Å². The molecule has 1 heterocycles. The number of aryl methyl sites for hydroxylation is 2. The summed E-state index contributed by atoms with van der Waals surface area (Å²) in [5.74, 6) is -1.07. The summed E-state index contributed by atoms with van der Waals surface area (Å²) < 4.78 is 2.17. The highest BCUT2D eigenvalue weighted by atomic mass is 35.5. The van der Waals surface area contributed by atoms with Crippen molar-refractivity contribution in [2.24, 2.45) is 4.99 Å². The Morgan fingerprint density at radius 1 is 1.08 bits per heavy atom. The summed E-state index contributed by atoms with van der Waals surface area (Å²) in [5.41, 5.74) is 6.07. The first-order valence-corrected chi connectivity index (χ1v) is 8.57. The molecule has 0 unspecified atom stereocenters. The molecule has 0 aliphatic heterocycles. The number of benzene rings is 2. The molecule has 0 saturated heterocycles. The van der Waals surface area contributed by atoms with E-state index < -0.39 is 5.97 Å². The predicted molar refractivity (Wildman–Crippen MR) is 106 cm³/mol. The minimum absolute atomic E-state index is 0.0476. The Bertz CT molecular complexity index is 1000. The maximum Gasteiger partial charge on any atom is 0.337 e. The lowest BCUT2D eigenvalue weighted by Crippen LogP contribution is -1.99. The Morgan fingerprint density at radius 2 is 1.77 bits per heavy atom. The molecule has 26 heavy (non-hydrogen) atoms. The zero-order chi connectivity index (χ0) is 18.8. The van der Waals surface area contributed by atoms with Gasteiger partial charge >= 0.3 is 5.97 Å². The average molecular weight is 367 g/mol. The van der Waals surface area contributed by atoms with Crippen LogP contribution in [0.4, 0.5) is 5.69 Å². The number of carbonyl (C=O) groups is 1. The van der Waals surface area contributed by atoms with E-state index in [4.69, 9.17) is 16.7 Å². The van der Waals surface area contributed by atoms with Crippen molar-refractivity contribution in [3.63, 3.8) is 0 Å². The zero-order valence-corrected chi connectivity index (χ0v) is 15.6. The summed E-state index contributed by atoms with van der Waals surface area (Å²) in [5, 5.41) is 9.37. The second kappa shape index (κ2) is 7.18. The van der Waals surface area contributed by atoms with Gasteiger partial charge in [0.2, 0.25) is 0 Å². The van der Waals surface area contributed by atoms with Crippen molar-refractivity contribution >= 4 is 29.5 Å². The smallest absolute Gasteiger partial charge is 0.337 e. The highest BCUT2D eigenvalue weighted by molar-refractivity contribution is 6.33. The fourth-order valence-electron chi connectivity index (χ4n) is 2.91. The van der Waals surface area contributed by atoms with Crippen LogP contribution in [0.3, 0.4) is 0 Å². The molecule has 3 rings (SSSR count). The predicted octanol–water partition coefficient (Wildman–Crippen LogP) is 5.50. The van der Waals surface area contributed by atoms with Crippen LogP contribution in [-0.4, -0.2) is 21.9 Å². The maximum absolute atomic E-state index is 11.2. The molecule has 5 heteroatoms. The van der Waals surface area contributed by atoms with E-state index in [2.05, 4.69) is 53.7 Å². The first kappa shape index (κ1) is 18.0. The van der Waals surface area contributed by atoms with Crippen LogP contribution in [0.15, 0.2) is 53.5 Å². The largest absolute Gasteiger partial charge is 0.478 e. The summed E-state index contributed by atoms with van der Waals surface area (Å²) >= 11 is 5.90. The van der Waals surface area contributed by atoms with Crippen LogP contribution in [0.25, 0.3) is 5.69 Å². The molecule has 0 amide bonds. The Hall–Kier alpha value is -2.85. The molecule has 0 aliphatic rings. The van der Waals surface area contributed by atoms with Gasteiger partial charge in [-0.1, -0.05) is 29.3 Å². The average Bonchev–Trinajstić information content (AvgIpc) is 2.89. The highest BCUT2D eigenvalue weighted by Gasteiger charge is 2.11. The first-order chi connectivity index (χ1) is 12.4. The van der Waals surface area contributed by atoms with Gasteiger partial charge in [0.15, 0.2) is 0 Å². The number of carboxylic acid groups (broad SMARTS) is 1. The topological polar surface area (TPSA) is 54.6 Å². The van der Waals surface area contributed by atoms with Gasteiger partial charge in [0.1, 0.15) is 0 Å². The lowest BCUT2D eigenvalue weighted by atomic mass is 10.2. The molecule has 0 spiro atoms. The molecule has 1 N–H and O–H groups in total. The monoisotopic (exact) mass is 366 g/mol. The van der Waals surface area contributed by atoms with Crippen LogP contribution in [0.2, 0.25) is 5.02 Å². The molecule has 0 fully saturated rings. The van der Waals surface area contributed by atoms with E-state index in [1.165, 1.54) is 11.6 Å². The zero-order valence-electron chi connectivity index (χ0n) is 14.8. The molecular formula is C21H19ClN2O2. The minimum atomic E-state index is -1.07. The third-order valence-corrected chi connectivity index (χ3v) is 4.63. The lowest BCUT2D eigenvalue weighted by Gasteiger charge is -2.09. The molecule has 132 valence electrons. The Morgan fingerprint density at radius 3 is 2.42 bits per heavy atom. The fourth-order valence-corrected chi connectivity index (χ4v) is 3.11. The quantitative estimate of drug-likeness (QED) is 0.619. The number of hydrogen-bond acceptors (Lipinski definition) is 2. The van der Waals surface area contributed by atoms with E-state index in [1.54, 1.807) is 18.3 Å². The molecule has 4 nitrogen and oxygen atoms in total. The molecule has 0 atom stereocenters. The molecule has 0 aliphatic carbocycles. The number of rotatable bonds is 4. The van der Waals surface area contributed by atoms with Crippen molar-refractivity contribution in [2.75, 3.05) is 0 Å². The molecular weight excluding hydrogens is 348 g/mol. The third kappa shape index (κ3) is 3.55. The van der Waals surface area contributed by atoms with E-state index in [1.807, 2.05) is 6.92 Å². The number of carboxylic acids is 1. The number of halogens is 1. The van der Waals surface area contributed by atoms with E-state index in [0.717, 1.165) is 22.6 Å². The van der Waals surface area contributed by atoms with Crippen LogP contribution in [0, 0.1) is 20.8 Å². The van der Waals surface area contributed by atoms with Crippen LogP contribution in [-0.2, 0) is 0 Å². The molecule has 0 saturated carbocycles. The summed E-state index contributed by atoms with van der Waals surface area (Å²) in [6, 6.07) is 15.1. The molecule has 2 aromatic carbocycles. The van der Waals surface area contributed by atoms with Gasteiger partial charge in [-0.25, -0.2) is 4.79 Å². The normalized spacial score (nSPS) is 11.2. The van der Waals surface area contributed by atoms with E-state index >= 15 is 0 Å². The first-order valence-electron chi connectivity index (χ1n) is 8.19. The van der Waals surface area contributed by atoms with Crippen molar-refractivity contribution in [3.8, 4) is 5.69 Å². The second-order valence-corrected chi connectivity index (χ2v) is 6.63. The summed E-state index contributed by atoms with van der Waals surface area (Å²) in [6.45, 7) is 6.16. The Balaban J connectivity index is 1.95. The van der Waals surface area contributed by atoms with Crippen molar-refractivity contribution < 1.29 is 9.90 Å². The Kier molecular flexibility index (Phi) is 4.96. The van der Waals surface area contributed by atoms with Gasteiger partial charge in [-0.05, 0) is 57.2 Å². The van der Waals surface area contributed by atoms with Crippen molar-refractivity contribution in [1.82, 2.24) is 4.57 Å². The fraction of sp³-hybridized carbons (Fsp3) is 0.143.